The van der Waals surface area contributed by atoms with Crippen LogP contribution in [0.3, 0.4) is 0 Å². The molecule has 17 heavy (non-hydrogen) atoms. The molecule has 1 N–H and O–H groups in total. The lowest BCUT2D eigenvalue weighted by Gasteiger charge is -2.39. The summed E-state index contributed by atoms with van der Waals surface area (Å²) in [4.78, 5) is 10.5. The van der Waals surface area contributed by atoms with Gasteiger partial charge >= 0.3 is 0 Å². The number of hydrogen-bond donors (Lipinski definition) is 1. The van der Waals surface area contributed by atoms with Gasteiger partial charge in [-0.15, -0.1) is 0 Å². The summed E-state index contributed by atoms with van der Waals surface area (Å²) in [5, 5.41) is 2.75. The Kier molecular flexibility index (Phi) is 3.45. The first-order valence-corrected chi connectivity index (χ1v) is 6.12. The van der Waals surface area contributed by atoms with Gasteiger partial charge in [-0.2, -0.15) is 4.98 Å². The summed E-state index contributed by atoms with van der Waals surface area (Å²) in [7, 11) is 1.66. The number of nitrogens with zero attached hydrogens (tertiary/aromatic N) is 3. The van der Waals surface area contributed by atoms with Crippen LogP contribution < -0.4 is 10.2 Å². The number of aromatic nitrogens is 2. The molecule has 1 aromatic heterocycles. The van der Waals surface area contributed by atoms with Gasteiger partial charge in [0.25, 0.3) is 0 Å². The van der Waals surface area contributed by atoms with Gasteiger partial charge in [-0.3, -0.25) is 0 Å². The number of rotatable bonds is 2. The van der Waals surface area contributed by atoms with Gasteiger partial charge in [0.05, 0.1) is 6.20 Å². The Morgan fingerprint density at radius 1 is 1.35 bits per heavy atom. The number of hydrogen-bond acceptors (Lipinski definition) is 4. The summed E-state index contributed by atoms with van der Waals surface area (Å²) in [6.07, 6.45) is 4.75. The summed E-state index contributed by atoms with van der Waals surface area (Å²) in [5.41, 5.74) is 0. The lowest BCUT2D eigenvalue weighted by atomic mass is 9.98. The van der Waals surface area contributed by atoms with Gasteiger partial charge in [-0.1, -0.05) is 0 Å². The normalized spacial score (nSPS) is 24.8. The Balaban J connectivity index is 2.31. The van der Waals surface area contributed by atoms with E-state index in [4.69, 9.17) is 0 Å². The second-order valence-corrected chi connectivity index (χ2v) is 4.65. The monoisotopic (exact) mass is 238 g/mol. The molecule has 1 saturated heterocycles. The fourth-order valence-corrected chi connectivity index (χ4v) is 2.47. The van der Waals surface area contributed by atoms with Crippen LogP contribution in [0.1, 0.15) is 33.1 Å². The maximum absolute atomic E-state index is 13.3. The predicted molar refractivity (Wildman–Crippen MR) is 66.8 cm³/mol. The molecule has 0 radical (unpaired) electrons. The van der Waals surface area contributed by atoms with Crippen molar-refractivity contribution < 1.29 is 4.39 Å². The molecule has 0 aromatic carbocycles. The van der Waals surface area contributed by atoms with Crippen molar-refractivity contribution in [3.63, 3.8) is 0 Å². The van der Waals surface area contributed by atoms with Gasteiger partial charge in [0.1, 0.15) is 0 Å². The van der Waals surface area contributed by atoms with E-state index in [9.17, 15) is 4.39 Å². The van der Waals surface area contributed by atoms with Crippen LogP contribution in [0.4, 0.5) is 16.2 Å². The average Bonchev–Trinajstić information content (AvgIpc) is 2.31. The van der Waals surface area contributed by atoms with Crippen molar-refractivity contribution in [3.05, 3.63) is 12.0 Å². The number of anilines is 2. The Labute approximate surface area is 101 Å². The van der Waals surface area contributed by atoms with Crippen LogP contribution in [-0.4, -0.2) is 29.1 Å². The predicted octanol–water partition coefficient (Wildman–Crippen LogP) is 2.42. The van der Waals surface area contributed by atoms with Crippen molar-refractivity contribution in [1.82, 2.24) is 9.97 Å². The molecule has 0 spiro atoms. The molecule has 0 bridgehead atoms. The van der Waals surface area contributed by atoms with Gasteiger partial charge in [-0.05, 0) is 33.1 Å². The van der Waals surface area contributed by atoms with Crippen LogP contribution in [0.25, 0.3) is 0 Å². The minimum Gasteiger partial charge on any atom is -0.371 e. The Bertz CT molecular complexity index is 386. The average molecular weight is 238 g/mol. The molecule has 1 aromatic rings. The van der Waals surface area contributed by atoms with Crippen LogP contribution in [0.5, 0.6) is 0 Å². The third kappa shape index (κ3) is 2.33. The van der Waals surface area contributed by atoms with E-state index in [0.717, 1.165) is 12.8 Å². The molecule has 2 unspecified atom stereocenters. The fraction of sp³-hybridized carbons (Fsp3) is 0.667. The summed E-state index contributed by atoms with van der Waals surface area (Å²) < 4.78 is 13.3. The van der Waals surface area contributed by atoms with Crippen LogP contribution in [0, 0.1) is 5.82 Å². The molecule has 94 valence electrons. The van der Waals surface area contributed by atoms with Crippen molar-refractivity contribution >= 4 is 11.8 Å². The van der Waals surface area contributed by atoms with Gasteiger partial charge in [0.15, 0.2) is 11.6 Å². The Hall–Kier alpha value is -1.39. The Morgan fingerprint density at radius 2 is 2.00 bits per heavy atom. The van der Waals surface area contributed by atoms with Crippen molar-refractivity contribution in [2.24, 2.45) is 0 Å². The van der Waals surface area contributed by atoms with E-state index in [0.29, 0.717) is 18.0 Å². The highest BCUT2D eigenvalue weighted by Crippen LogP contribution is 2.27. The minimum absolute atomic E-state index is 0.264. The van der Waals surface area contributed by atoms with Crippen LogP contribution in [-0.2, 0) is 0 Å². The SMILES string of the molecule is CNc1nc(N2C(C)CCCC2C)ncc1F. The van der Waals surface area contributed by atoms with Crippen LogP contribution in [0.15, 0.2) is 6.20 Å². The molecule has 0 aliphatic carbocycles. The summed E-state index contributed by atoms with van der Waals surface area (Å²) in [6, 6.07) is 0.822. The summed E-state index contributed by atoms with van der Waals surface area (Å²) in [5.74, 6) is 0.476. The molecular formula is C12H19FN4. The van der Waals surface area contributed by atoms with E-state index >= 15 is 0 Å². The van der Waals surface area contributed by atoms with Crippen molar-refractivity contribution in [2.45, 2.75) is 45.2 Å². The molecule has 5 heteroatoms. The molecule has 0 amide bonds. The van der Waals surface area contributed by atoms with Crippen LogP contribution in [0.2, 0.25) is 0 Å². The highest BCUT2D eigenvalue weighted by atomic mass is 19.1. The molecule has 1 fully saturated rings. The van der Waals surface area contributed by atoms with Gasteiger partial charge in [0, 0.05) is 19.1 Å². The highest BCUT2D eigenvalue weighted by molar-refractivity contribution is 5.43. The zero-order valence-electron chi connectivity index (χ0n) is 10.6. The van der Waals surface area contributed by atoms with Gasteiger partial charge < -0.3 is 10.2 Å². The lowest BCUT2D eigenvalue weighted by Crippen LogP contribution is -2.44. The first-order valence-electron chi connectivity index (χ1n) is 6.12. The highest BCUT2D eigenvalue weighted by Gasteiger charge is 2.27. The molecule has 1 aliphatic rings. The van der Waals surface area contributed by atoms with E-state index in [1.165, 1.54) is 12.6 Å². The second-order valence-electron chi connectivity index (χ2n) is 4.65. The van der Waals surface area contributed by atoms with Crippen molar-refractivity contribution in [1.29, 1.82) is 0 Å². The molecule has 2 atom stereocenters. The van der Waals surface area contributed by atoms with Crippen molar-refractivity contribution in [2.75, 3.05) is 17.3 Å². The molecule has 4 nitrogen and oxygen atoms in total. The smallest absolute Gasteiger partial charge is 0.227 e. The Morgan fingerprint density at radius 3 is 2.59 bits per heavy atom. The van der Waals surface area contributed by atoms with Crippen molar-refractivity contribution in [3.8, 4) is 0 Å². The van der Waals surface area contributed by atoms with E-state index in [-0.39, 0.29) is 5.82 Å². The first-order chi connectivity index (χ1) is 8.13. The fourth-order valence-electron chi connectivity index (χ4n) is 2.47. The first kappa shape index (κ1) is 12.1. The molecule has 2 heterocycles. The zero-order valence-corrected chi connectivity index (χ0v) is 10.6. The largest absolute Gasteiger partial charge is 0.371 e. The van der Waals surface area contributed by atoms with Gasteiger partial charge in [-0.25, -0.2) is 9.37 Å². The summed E-state index contributed by atoms with van der Waals surface area (Å²) in [6.45, 7) is 4.34. The molecule has 0 saturated carbocycles. The summed E-state index contributed by atoms with van der Waals surface area (Å²) >= 11 is 0. The number of halogens is 1. The van der Waals surface area contributed by atoms with Gasteiger partial charge in [0.2, 0.25) is 5.95 Å². The van der Waals surface area contributed by atoms with Crippen LogP contribution >= 0.6 is 0 Å². The van der Waals surface area contributed by atoms with E-state index in [1.54, 1.807) is 7.05 Å². The lowest BCUT2D eigenvalue weighted by molar-refractivity contribution is 0.407. The number of nitrogens with one attached hydrogen (secondary N) is 1. The van der Waals surface area contributed by atoms with E-state index in [1.807, 2.05) is 0 Å². The number of piperidine rings is 1. The molecule has 2 rings (SSSR count). The maximum Gasteiger partial charge on any atom is 0.227 e. The van der Waals surface area contributed by atoms with E-state index < -0.39 is 5.82 Å². The topological polar surface area (TPSA) is 41.1 Å². The third-order valence-corrected chi connectivity index (χ3v) is 3.39. The second kappa shape index (κ2) is 4.85. The molecular weight excluding hydrogens is 219 g/mol. The zero-order chi connectivity index (χ0) is 12.4. The van der Waals surface area contributed by atoms with E-state index in [2.05, 4.69) is 34.0 Å². The standard InChI is InChI=1S/C12H19FN4/c1-8-5-4-6-9(2)17(8)12-15-7-10(13)11(14-3)16-12/h7-9H,4-6H2,1-3H3,(H,14,15,16). The quantitative estimate of drug-likeness (QED) is 0.859. The minimum atomic E-state index is -0.409. The third-order valence-electron chi connectivity index (χ3n) is 3.39. The maximum atomic E-state index is 13.3. The molecule has 1 aliphatic heterocycles.